The molecule has 0 spiro atoms. The molecule has 1 aromatic carbocycles. The molecule has 0 aromatic heterocycles. The maximum absolute atomic E-state index is 5.64. The summed E-state index contributed by atoms with van der Waals surface area (Å²) in [7, 11) is 1.74. The van der Waals surface area contributed by atoms with Gasteiger partial charge in [0.25, 0.3) is 0 Å². The van der Waals surface area contributed by atoms with Gasteiger partial charge in [0.05, 0.1) is 12.8 Å². The highest BCUT2D eigenvalue weighted by Crippen LogP contribution is 2.12. The highest BCUT2D eigenvalue weighted by Gasteiger charge is 1.96. The maximum Gasteiger partial charge on any atom is 0.186 e. The van der Waals surface area contributed by atoms with Crippen LogP contribution in [0.15, 0.2) is 29.4 Å². The van der Waals surface area contributed by atoms with Crippen LogP contribution in [0, 0.1) is 5.92 Å². The molecule has 1 aromatic rings. The van der Waals surface area contributed by atoms with Crippen molar-refractivity contribution in [3.63, 3.8) is 0 Å². The van der Waals surface area contributed by atoms with Gasteiger partial charge in [-0.25, -0.2) is 0 Å². The smallest absolute Gasteiger partial charge is 0.186 e. The zero-order valence-corrected chi connectivity index (χ0v) is 12.5. The zero-order valence-electron chi connectivity index (χ0n) is 11.6. The van der Waals surface area contributed by atoms with Crippen molar-refractivity contribution >= 4 is 23.5 Å². The largest absolute Gasteiger partial charge is 0.494 e. The van der Waals surface area contributed by atoms with Crippen LogP contribution in [0.2, 0.25) is 0 Å². The Hall–Kier alpha value is -1.62. The molecule has 19 heavy (non-hydrogen) atoms. The normalized spacial score (nSPS) is 10.7. The third-order valence-corrected chi connectivity index (χ3v) is 2.75. The topological polar surface area (TPSA) is 45.7 Å². The second kappa shape index (κ2) is 8.48. The van der Waals surface area contributed by atoms with Gasteiger partial charge >= 0.3 is 0 Å². The predicted molar refractivity (Wildman–Crippen MR) is 83.8 cm³/mol. The molecule has 0 unspecified atom stereocenters. The van der Waals surface area contributed by atoms with Crippen LogP contribution in [0.3, 0.4) is 0 Å². The number of benzene rings is 1. The predicted octanol–water partition coefficient (Wildman–Crippen LogP) is 2.54. The first kappa shape index (κ1) is 15.4. The van der Waals surface area contributed by atoms with E-state index in [2.05, 4.69) is 29.7 Å². The molecule has 0 saturated heterocycles. The van der Waals surface area contributed by atoms with Gasteiger partial charge in [0.1, 0.15) is 5.75 Å². The molecule has 0 fully saturated rings. The fourth-order valence-electron chi connectivity index (χ4n) is 1.28. The van der Waals surface area contributed by atoms with Gasteiger partial charge in [-0.15, -0.1) is 0 Å². The van der Waals surface area contributed by atoms with Crippen LogP contribution in [0.5, 0.6) is 5.75 Å². The Labute approximate surface area is 120 Å². The van der Waals surface area contributed by atoms with Crippen LogP contribution in [-0.4, -0.2) is 25.0 Å². The quantitative estimate of drug-likeness (QED) is 0.477. The van der Waals surface area contributed by atoms with E-state index in [1.165, 1.54) is 0 Å². The number of thiocarbonyl (C=S) groups is 1. The summed E-state index contributed by atoms with van der Waals surface area (Å²) >= 11 is 4.90. The van der Waals surface area contributed by atoms with Crippen molar-refractivity contribution in [2.45, 2.75) is 20.3 Å². The lowest BCUT2D eigenvalue weighted by Crippen LogP contribution is -2.28. The minimum Gasteiger partial charge on any atom is -0.494 e. The number of hydrogen-bond donors (Lipinski definition) is 2. The number of hydrogen-bond acceptors (Lipinski definition) is 3. The molecule has 0 radical (unpaired) electrons. The van der Waals surface area contributed by atoms with Crippen molar-refractivity contribution in [3.8, 4) is 5.75 Å². The molecule has 2 N–H and O–H groups in total. The molecule has 1 rings (SSSR count). The number of hydrazone groups is 1. The van der Waals surface area contributed by atoms with Gasteiger partial charge in [-0.3, -0.25) is 5.43 Å². The number of nitrogens with one attached hydrogen (secondary N) is 2. The number of ether oxygens (including phenoxy) is 1. The summed E-state index contributed by atoms with van der Waals surface area (Å²) in [6.07, 6.45) is 2.77. The second-order valence-corrected chi connectivity index (χ2v) is 4.96. The van der Waals surface area contributed by atoms with Gasteiger partial charge in [-0.2, -0.15) is 5.10 Å². The maximum atomic E-state index is 5.64. The minimum absolute atomic E-state index is 0.491. The van der Waals surface area contributed by atoms with E-state index in [-0.39, 0.29) is 0 Å². The number of rotatable bonds is 6. The summed E-state index contributed by atoms with van der Waals surface area (Å²) in [5, 5.41) is 7.28. The Morgan fingerprint density at radius 1 is 1.37 bits per heavy atom. The molecule has 4 nitrogen and oxygen atoms in total. The minimum atomic E-state index is 0.491. The first-order valence-corrected chi connectivity index (χ1v) is 6.76. The van der Waals surface area contributed by atoms with Gasteiger partial charge in [0.15, 0.2) is 5.11 Å². The Morgan fingerprint density at radius 2 is 2.05 bits per heavy atom. The Bertz CT molecular complexity index is 415. The first-order chi connectivity index (χ1) is 9.11. The van der Waals surface area contributed by atoms with E-state index in [9.17, 15) is 0 Å². The van der Waals surface area contributed by atoms with E-state index in [0.29, 0.717) is 11.0 Å². The molecule has 0 atom stereocenters. The van der Waals surface area contributed by atoms with Gasteiger partial charge in [-0.1, -0.05) is 13.8 Å². The molecule has 5 heteroatoms. The summed E-state index contributed by atoms with van der Waals surface area (Å²) in [5.74, 6) is 1.55. The highest BCUT2D eigenvalue weighted by atomic mass is 32.1. The van der Waals surface area contributed by atoms with E-state index >= 15 is 0 Å². The molecule has 0 heterocycles. The summed E-state index contributed by atoms with van der Waals surface area (Å²) in [4.78, 5) is 0. The van der Waals surface area contributed by atoms with Crippen molar-refractivity contribution in [2.75, 3.05) is 13.7 Å². The number of nitrogens with zero attached hydrogens (tertiary/aromatic N) is 1. The Morgan fingerprint density at radius 3 is 2.63 bits per heavy atom. The lowest BCUT2D eigenvalue weighted by Gasteiger charge is -2.08. The second-order valence-electron chi connectivity index (χ2n) is 4.55. The molecular formula is C14H21N3OS. The highest BCUT2D eigenvalue weighted by molar-refractivity contribution is 7.80. The molecule has 0 bridgehead atoms. The van der Waals surface area contributed by atoms with Crippen LogP contribution in [0.4, 0.5) is 0 Å². The van der Waals surface area contributed by atoms with Crippen molar-refractivity contribution in [1.82, 2.24) is 10.7 Å². The first-order valence-electron chi connectivity index (χ1n) is 6.35. The third kappa shape index (κ3) is 6.76. The van der Waals surface area contributed by atoms with E-state index in [1.807, 2.05) is 24.3 Å². The average Bonchev–Trinajstić information content (AvgIpc) is 2.40. The Balaban J connectivity index is 2.41. The van der Waals surface area contributed by atoms with Crippen LogP contribution in [-0.2, 0) is 0 Å². The van der Waals surface area contributed by atoms with Gasteiger partial charge in [-0.05, 0) is 54.4 Å². The van der Waals surface area contributed by atoms with E-state index < -0.39 is 0 Å². The van der Waals surface area contributed by atoms with Crippen LogP contribution >= 0.6 is 12.2 Å². The fourth-order valence-corrected chi connectivity index (χ4v) is 1.34. The van der Waals surface area contributed by atoms with Crippen molar-refractivity contribution in [3.05, 3.63) is 29.8 Å². The van der Waals surface area contributed by atoms with E-state index in [4.69, 9.17) is 17.0 Å². The average molecular weight is 279 g/mol. The molecule has 0 aliphatic carbocycles. The lowest BCUT2D eigenvalue weighted by atomic mass is 10.1. The summed E-state index contributed by atoms with van der Waals surface area (Å²) in [6, 6.07) is 7.80. The SMILES string of the molecule is CNC(=S)N/N=C\c1ccc(OCCC(C)C)cc1. The van der Waals surface area contributed by atoms with Crippen molar-refractivity contribution in [1.29, 1.82) is 0 Å². The molecule has 0 aliphatic heterocycles. The van der Waals surface area contributed by atoms with E-state index in [0.717, 1.165) is 24.3 Å². The molecule has 0 saturated carbocycles. The lowest BCUT2D eigenvalue weighted by molar-refractivity contribution is 0.289. The molecule has 0 amide bonds. The van der Waals surface area contributed by atoms with Crippen LogP contribution < -0.4 is 15.5 Å². The van der Waals surface area contributed by atoms with Crippen LogP contribution in [0.1, 0.15) is 25.8 Å². The Kier molecular flexibility index (Phi) is 6.89. The van der Waals surface area contributed by atoms with Crippen molar-refractivity contribution in [2.24, 2.45) is 11.0 Å². The summed E-state index contributed by atoms with van der Waals surface area (Å²) in [5.41, 5.74) is 3.69. The molecule has 104 valence electrons. The fraction of sp³-hybridized carbons (Fsp3) is 0.429. The standard InChI is InChI=1S/C14H21N3OS/c1-11(2)8-9-18-13-6-4-12(5-7-13)10-16-17-14(19)15-3/h4-7,10-11H,8-9H2,1-3H3,(H2,15,17,19)/b16-10-. The molecular weight excluding hydrogens is 258 g/mol. The third-order valence-electron chi connectivity index (χ3n) is 2.45. The summed E-state index contributed by atoms with van der Waals surface area (Å²) < 4.78 is 5.64. The van der Waals surface area contributed by atoms with Crippen LogP contribution in [0.25, 0.3) is 0 Å². The zero-order chi connectivity index (χ0) is 14.1. The van der Waals surface area contributed by atoms with Gasteiger partial charge < -0.3 is 10.1 Å². The molecule has 0 aliphatic rings. The summed E-state index contributed by atoms with van der Waals surface area (Å²) in [6.45, 7) is 5.13. The van der Waals surface area contributed by atoms with E-state index in [1.54, 1.807) is 13.3 Å². The van der Waals surface area contributed by atoms with Gasteiger partial charge in [0, 0.05) is 7.05 Å². The van der Waals surface area contributed by atoms with Gasteiger partial charge in [0.2, 0.25) is 0 Å². The monoisotopic (exact) mass is 279 g/mol. The van der Waals surface area contributed by atoms with Crippen molar-refractivity contribution < 1.29 is 4.74 Å².